The number of anilines is 2. The van der Waals surface area contributed by atoms with Crippen LogP contribution in [-0.4, -0.2) is 39.9 Å². The van der Waals surface area contributed by atoms with Gasteiger partial charge in [-0.1, -0.05) is 17.7 Å². The summed E-state index contributed by atoms with van der Waals surface area (Å²) in [5.41, 5.74) is 0. The Balaban J connectivity index is 1.48. The zero-order valence-electron chi connectivity index (χ0n) is 13.5. The number of amides is 3. The molecule has 3 rings (SSSR count). The van der Waals surface area contributed by atoms with Gasteiger partial charge in [0.1, 0.15) is 11.6 Å². The number of aromatic nitrogens is 2. The van der Waals surface area contributed by atoms with Gasteiger partial charge in [-0.05, 0) is 37.1 Å². The lowest BCUT2D eigenvalue weighted by molar-refractivity contribution is -0.121. The molecule has 0 unspecified atom stereocenters. The highest BCUT2D eigenvalue weighted by atomic mass is 35.5. The third-order valence-corrected chi connectivity index (χ3v) is 4.26. The van der Waals surface area contributed by atoms with Gasteiger partial charge in [0, 0.05) is 31.4 Å². The summed E-state index contributed by atoms with van der Waals surface area (Å²) in [4.78, 5) is 34.3. The molecular formula is C17H18ClN5O2. The maximum absolute atomic E-state index is 12.3. The molecule has 2 aromatic rings. The Hall–Kier alpha value is -2.67. The second-order valence-corrected chi connectivity index (χ2v) is 6.19. The van der Waals surface area contributed by atoms with E-state index in [1.54, 1.807) is 35.4 Å². The molecule has 0 spiro atoms. The summed E-state index contributed by atoms with van der Waals surface area (Å²) in [6, 6.07) is 8.47. The topological polar surface area (TPSA) is 87.2 Å². The Morgan fingerprint density at radius 3 is 2.44 bits per heavy atom. The number of carbonyl (C=O) groups excluding carboxylic acids is 2. The van der Waals surface area contributed by atoms with Gasteiger partial charge in [-0.25, -0.2) is 14.8 Å². The van der Waals surface area contributed by atoms with Crippen LogP contribution in [0.1, 0.15) is 12.8 Å². The van der Waals surface area contributed by atoms with Gasteiger partial charge in [0.25, 0.3) is 0 Å². The maximum atomic E-state index is 12.3. The lowest BCUT2D eigenvalue weighted by atomic mass is 9.96. The fourth-order valence-corrected chi connectivity index (χ4v) is 2.76. The lowest BCUT2D eigenvalue weighted by Gasteiger charge is -2.31. The molecule has 2 aromatic heterocycles. The number of piperidine rings is 1. The van der Waals surface area contributed by atoms with Crippen LogP contribution in [0.4, 0.5) is 16.4 Å². The highest BCUT2D eigenvalue weighted by Gasteiger charge is 2.27. The van der Waals surface area contributed by atoms with Crippen LogP contribution in [0.5, 0.6) is 0 Å². The number of nitrogens with zero attached hydrogens (tertiary/aromatic N) is 3. The van der Waals surface area contributed by atoms with Gasteiger partial charge in [-0.15, -0.1) is 0 Å². The quantitative estimate of drug-likeness (QED) is 0.881. The highest BCUT2D eigenvalue weighted by Crippen LogP contribution is 2.20. The summed E-state index contributed by atoms with van der Waals surface area (Å²) in [6.45, 7) is 1.04. The molecule has 0 aliphatic carbocycles. The van der Waals surface area contributed by atoms with E-state index in [0.717, 1.165) is 0 Å². The minimum atomic E-state index is -0.197. The van der Waals surface area contributed by atoms with Crippen LogP contribution in [0.25, 0.3) is 0 Å². The van der Waals surface area contributed by atoms with Crippen molar-refractivity contribution in [3.8, 4) is 0 Å². The Morgan fingerprint density at radius 1 is 1.04 bits per heavy atom. The number of rotatable bonds is 3. The van der Waals surface area contributed by atoms with E-state index < -0.39 is 0 Å². The summed E-state index contributed by atoms with van der Waals surface area (Å²) < 4.78 is 0. The number of likely N-dealkylation sites (tertiary alicyclic amines) is 1. The number of nitrogens with one attached hydrogen (secondary N) is 2. The molecule has 1 aliphatic rings. The zero-order chi connectivity index (χ0) is 17.6. The molecule has 1 fully saturated rings. The molecule has 2 N–H and O–H groups in total. The summed E-state index contributed by atoms with van der Waals surface area (Å²) >= 11 is 5.78. The third kappa shape index (κ3) is 4.67. The van der Waals surface area contributed by atoms with Crippen LogP contribution in [0, 0.1) is 5.92 Å². The summed E-state index contributed by atoms with van der Waals surface area (Å²) in [7, 11) is 0. The first-order chi connectivity index (χ1) is 12.1. The molecule has 130 valence electrons. The minimum absolute atomic E-state index is 0.0837. The predicted molar refractivity (Wildman–Crippen MR) is 95.4 cm³/mol. The second-order valence-electron chi connectivity index (χ2n) is 5.76. The van der Waals surface area contributed by atoms with Crippen LogP contribution in [0.2, 0.25) is 5.02 Å². The molecule has 0 saturated carbocycles. The van der Waals surface area contributed by atoms with Crippen LogP contribution in [0.15, 0.2) is 42.7 Å². The van der Waals surface area contributed by atoms with Crippen molar-refractivity contribution in [1.29, 1.82) is 0 Å². The molecule has 3 amide bonds. The molecule has 8 heteroatoms. The summed E-state index contributed by atoms with van der Waals surface area (Å²) in [5.74, 6) is 0.766. The van der Waals surface area contributed by atoms with Crippen molar-refractivity contribution < 1.29 is 9.59 Å². The number of hydrogen-bond donors (Lipinski definition) is 2. The van der Waals surface area contributed by atoms with E-state index in [1.807, 2.05) is 6.07 Å². The van der Waals surface area contributed by atoms with Crippen molar-refractivity contribution >= 4 is 35.2 Å². The second kappa shape index (κ2) is 7.94. The molecule has 0 bridgehead atoms. The van der Waals surface area contributed by atoms with E-state index in [0.29, 0.717) is 42.6 Å². The first kappa shape index (κ1) is 17.2. The van der Waals surface area contributed by atoms with Crippen molar-refractivity contribution in [2.24, 2.45) is 5.92 Å². The number of carbonyl (C=O) groups is 2. The van der Waals surface area contributed by atoms with Gasteiger partial charge in [-0.3, -0.25) is 10.1 Å². The van der Waals surface area contributed by atoms with Gasteiger partial charge >= 0.3 is 6.03 Å². The van der Waals surface area contributed by atoms with E-state index in [-0.39, 0.29) is 17.9 Å². The van der Waals surface area contributed by atoms with Gasteiger partial charge in [0.15, 0.2) is 0 Å². The fourth-order valence-electron chi connectivity index (χ4n) is 2.65. The molecule has 25 heavy (non-hydrogen) atoms. The van der Waals surface area contributed by atoms with Crippen LogP contribution in [-0.2, 0) is 4.79 Å². The van der Waals surface area contributed by atoms with Crippen molar-refractivity contribution in [3.63, 3.8) is 0 Å². The average molecular weight is 360 g/mol. The number of hydrogen-bond acceptors (Lipinski definition) is 4. The first-order valence-corrected chi connectivity index (χ1v) is 8.39. The van der Waals surface area contributed by atoms with Crippen LogP contribution >= 0.6 is 11.6 Å². The summed E-state index contributed by atoms with van der Waals surface area (Å²) in [6.07, 6.45) is 4.32. The Morgan fingerprint density at radius 2 is 1.80 bits per heavy atom. The van der Waals surface area contributed by atoms with Crippen molar-refractivity contribution in [2.45, 2.75) is 12.8 Å². The molecule has 1 aliphatic heterocycles. The Labute approximate surface area is 150 Å². The fraction of sp³-hybridized carbons (Fsp3) is 0.294. The van der Waals surface area contributed by atoms with Gasteiger partial charge < -0.3 is 10.2 Å². The number of urea groups is 1. The largest absolute Gasteiger partial charge is 0.324 e. The predicted octanol–water partition coefficient (Wildman–Crippen LogP) is 3.01. The smallest absolute Gasteiger partial charge is 0.323 e. The molecule has 0 atom stereocenters. The molecule has 0 radical (unpaired) electrons. The zero-order valence-corrected chi connectivity index (χ0v) is 14.2. The van der Waals surface area contributed by atoms with Crippen molar-refractivity contribution in [1.82, 2.24) is 14.9 Å². The molecule has 0 aromatic carbocycles. The van der Waals surface area contributed by atoms with Crippen LogP contribution in [0.3, 0.4) is 0 Å². The minimum Gasteiger partial charge on any atom is -0.324 e. The van der Waals surface area contributed by atoms with E-state index in [4.69, 9.17) is 11.6 Å². The maximum Gasteiger partial charge on any atom is 0.323 e. The average Bonchev–Trinajstić information content (AvgIpc) is 2.64. The van der Waals surface area contributed by atoms with E-state index in [1.165, 1.54) is 6.20 Å². The molecule has 1 saturated heterocycles. The van der Waals surface area contributed by atoms with E-state index >= 15 is 0 Å². The van der Waals surface area contributed by atoms with E-state index in [2.05, 4.69) is 20.6 Å². The Bertz CT molecular complexity index is 730. The van der Waals surface area contributed by atoms with Crippen molar-refractivity contribution in [2.75, 3.05) is 23.7 Å². The van der Waals surface area contributed by atoms with Crippen molar-refractivity contribution in [3.05, 3.63) is 47.7 Å². The Kier molecular flexibility index (Phi) is 5.45. The van der Waals surface area contributed by atoms with Gasteiger partial charge in [-0.2, -0.15) is 0 Å². The summed E-state index contributed by atoms with van der Waals surface area (Å²) in [5, 5.41) is 6.06. The number of halogens is 1. The molecule has 3 heterocycles. The SMILES string of the molecule is O=C(Nc1ccc(Cl)cn1)C1CCN(C(=O)Nc2ccccn2)CC1. The standard InChI is InChI=1S/C17H18ClN5O2/c18-13-4-5-15(20-11-13)21-16(24)12-6-9-23(10-7-12)17(25)22-14-3-1-2-8-19-14/h1-5,8,11-12H,6-7,9-10H2,(H,19,22,25)(H,20,21,24). The first-order valence-electron chi connectivity index (χ1n) is 8.01. The monoisotopic (exact) mass is 359 g/mol. The van der Waals surface area contributed by atoms with Crippen LogP contribution < -0.4 is 10.6 Å². The normalized spacial score (nSPS) is 14.8. The lowest BCUT2D eigenvalue weighted by Crippen LogP contribution is -2.43. The number of pyridine rings is 2. The third-order valence-electron chi connectivity index (χ3n) is 4.03. The van der Waals surface area contributed by atoms with Gasteiger partial charge in [0.05, 0.1) is 5.02 Å². The van der Waals surface area contributed by atoms with Gasteiger partial charge in [0.2, 0.25) is 5.91 Å². The molecule has 7 nitrogen and oxygen atoms in total. The molecular weight excluding hydrogens is 342 g/mol. The van der Waals surface area contributed by atoms with E-state index in [9.17, 15) is 9.59 Å². The highest BCUT2D eigenvalue weighted by molar-refractivity contribution is 6.30.